The second kappa shape index (κ2) is 4.86. The van der Waals surface area contributed by atoms with Crippen molar-refractivity contribution in [3.8, 4) is 5.75 Å². The number of fused-ring (bicyclic) bond motifs is 1. The van der Waals surface area contributed by atoms with E-state index in [1.165, 1.54) is 6.07 Å². The van der Waals surface area contributed by atoms with Crippen molar-refractivity contribution in [3.05, 3.63) is 64.3 Å². The molecule has 108 valence electrons. The van der Waals surface area contributed by atoms with Gasteiger partial charge in [0, 0.05) is 24.7 Å². The molecular formula is C16H16N2O3. The Morgan fingerprint density at radius 3 is 2.90 bits per heavy atom. The number of nitrogens with zero attached hydrogens (tertiary/aromatic N) is 2. The van der Waals surface area contributed by atoms with Crippen molar-refractivity contribution < 1.29 is 9.84 Å². The van der Waals surface area contributed by atoms with Crippen LogP contribution in [-0.2, 0) is 6.61 Å². The number of rotatable bonds is 2. The molecule has 0 aromatic carbocycles. The molecule has 0 unspecified atom stereocenters. The van der Waals surface area contributed by atoms with Crippen molar-refractivity contribution in [3.63, 3.8) is 0 Å². The molecule has 2 aromatic heterocycles. The normalized spacial score (nSPS) is 15.9. The van der Waals surface area contributed by atoms with E-state index < -0.39 is 5.60 Å². The van der Waals surface area contributed by atoms with Crippen LogP contribution in [0.2, 0.25) is 0 Å². The number of aromatic nitrogens is 2. The lowest BCUT2D eigenvalue weighted by Gasteiger charge is -2.31. The summed E-state index contributed by atoms with van der Waals surface area (Å²) in [5.41, 5.74) is 1.40. The Kier molecular flexibility index (Phi) is 3.14. The van der Waals surface area contributed by atoms with Gasteiger partial charge in [-0.1, -0.05) is 0 Å². The SMILES string of the molecule is CC1(C)C=C(n2ccc(CO)cc2=O)c2cnccc2O1. The lowest BCUT2D eigenvalue weighted by Crippen LogP contribution is -2.32. The van der Waals surface area contributed by atoms with Crippen LogP contribution in [0.4, 0.5) is 0 Å². The van der Waals surface area contributed by atoms with Gasteiger partial charge in [0.25, 0.3) is 5.56 Å². The molecule has 1 N–H and O–H groups in total. The fourth-order valence-corrected chi connectivity index (χ4v) is 2.40. The fourth-order valence-electron chi connectivity index (χ4n) is 2.40. The van der Waals surface area contributed by atoms with Gasteiger partial charge in [-0.2, -0.15) is 0 Å². The standard InChI is InChI=1S/C16H16N2O3/c1-16(2)8-13(12-9-17-5-3-14(12)21-16)18-6-4-11(10-19)7-15(18)20/h3-9,19H,10H2,1-2H3. The average molecular weight is 284 g/mol. The van der Waals surface area contributed by atoms with Gasteiger partial charge in [0.15, 0.2) is 0 Å². The zero-order valence-corrected chi connectivity index (χ0v) is 11.9. The molecule has 0 bridgehead atoms. The smallest absolute Gasteiger partial charge is 0.255 e. The Labute approximate surface area is 122 Å². The summed E-state index contributed by atoms with van der Waals surface area (Å²) in [5.74, 6) is 0.700. The van der Waals surface area contributed by atoms with Crippen molar-refractivity contribution in [2.24, 2.45) is 0 Å². The van der Waals surface area contributed by atoms with E-state index in [2.05, 4.69) is 4.98 Å². The zero-order chi connectivity index (χ0) is 15.0. The number of hydrogen-bond acceptors (Lipinski definition) is 4. The van der Waals surface area contributed by atoms with Crippen molar-refractivity contribution in [2.75, 3.05) is 0 Å². The quantitative estimate of drug-likeness (QED) is 0.913. The number of ether oxygens (including phenoxy) is 1. The van der Waals surface area contributed by atoms with E-state index in [1.807, 2.05) is 19.9 Å². The molecular weight excluding hydrogens is 268 g/mol. The molecule has 0 aliphatic carbocycles. The van der Waals surface area contributed by atoms with Crippen LogP contribution in [0.1, 0.15) is 25.0 Å². The van der Waals surface area contributed by atoms with Gasteiger partial charge < -0.3 is 9.84 Å². The first-order valence-corrected chi connectivity index (χ1v) is 6.69. The van der Waals surface area contributed by atoms with Crippen molar-refractivity contribution in [1.29, 1.82) is 0 Å². The molecule has 5 heteroatoms. The van der Waals surface area contributed by atoms with Gasteiger partial charge in [0.05, 0.1) is 17.9 Å². The summed E-state index contributed by atoms with van der Waals surface area (Å²) < 4.78 is 7.43. The van der Waals surface area contributed by atoms with Crippen LogP contribution in [0.25, 0.3) is 5.70 Å². The predicted molar refractivity (Wildman–Crippen MR) is 78.9 cm³/mol. The Morgan fingerprint density at radius 1 is 1.38 bits per heavy atom. The Hall–Kier alpha value is -2.40. The van der Waals surface area contributed by atoms with E-state index in [9.17, 15) is 4.79 Å². The predicted octanol–water partition coefficient (Wildman–Crippen LogP) is 1.80. The fraction of sp³-hybridized carbons (Fsp3) is 0.250. The first-order valence-electron chi connectivity index (χ1n) is 6.69. The van der Waals surface area contributed by atoms with E-state index in [0.29, 0.717) is 11.3 Å². The molecule has 0 fully saturated rings. The van der Waals surface area contributed by atoms with Gasteiger partial charge in [-0.25, -0.2) is 0 Å². The van der Waals surface area contributed by atoms with E-state index in [1.54, 1.807) is 35.3 Å². The van der Waals surface area contributed by atoms with E-state index in [4.69, 9.17) is 9.84 Å². The molecule has 0 amide bonds. The van der Waals surface area contributed by atoms with Crippen LogP contribution in [0, 0.1) is 0 Å². The molecule has 21 heavy (non-hydrogen) atoms. The van der Waals surface area contributed by atoms with Gasteiger partial charge in [-0.15, -0.1) is 0 Å². The maximum Gasteiger partial charge on any atom is 0.255 e. The van der Waals surface area contributed by atoms with Gasteiger partial charge in [0.2, 0.25) is 0 Å². The molecule has 0 radical (unpaired) electrons. The van der Waals surface area contributed by atoms with Crippen LogP contribution in [0.3, 0.4) is 0 Å². The minimum Gasteiger partial charge on any atom is -0.483 e. The molecule has 2 aromatic rings. The third-order valence-electron chi connectivity index (χ3n) is 3.34. The van der Waals surface area contributed by atoms with Gasteiger partial charge in [0.1, 0.15) is 11.4 Å². The van der Waals surface area contributed by atoms with Gasteiger partial charge in [-0.05, 0) is 37.6 Å². The minimum absolute atomic E-state index is 0.151. The molecule has 1 aliphatic heterocycles. The number of hydrogen-bond donors (Lipinski definition) is 1. The summed E-state index contributed by atoms with van der Waals surface area (Å²) in [4.78, 5) is 16.4. The average Bonchev–Trinajstić information content (AvgIpc) is 2.45. The first-order chi connectivity index (χ1) is 10.00. The summed E-state index contributed by atoms with van der Waals surface area (Å²) in [6.07, 6.45) is 6.91. The summed E-state index contributed by atoms with van der Waals surface area (Å²) >= 11 is 0. The molecule has 3 rings (SSSR count). The summed E-state index contributed by atoms with van der Waals surface area (Å²) in [7, 11) is 0. The largest absolute Gasteiger partial charge is 0.483 e. The zero-order valence-electron chi connectivity index (χ0n) is 11.9. The lowest BCUT2D eigenvalue weighted by atomic mass is 10.0. The monoisotopic (exact) mass is 284 g/mol. The first kappa shape index (κ1) is 13.6. The highest BCUT2D eigenvalue weighted by molar-refractivity contribution is 5.72. The maximum atomic E-state index is 12.3. The van der Waals surface area contributed by atoms with Gasteiger partial charge in [-0.3, -0.25) is 14.3 Å². The van der Waals surface area contributed by atoms with E-state index in [0.717, 1.165) is 11.3 Å². The molecule has 0 saturated heterocycles. The third kappa shape index (κ3) is 2.48. The van der Waals surface area contributed by atoms with Crippen LogP contribution in [-0.4, -0.2) is 20.3 Å². The van der Waals surface area contributed by atoms with E-state index in [-0.39, 0.29) is 12.2 Å². The van der Waals surface area contributed by atoms with Crippen LogP contribution in [0.15, 0.2) is 47.7 Å². The van der Waals surface area contributed by atoms with Crippen LogP contribution < -0.4 is 10.3 Å². The second-order valence-corrected chi connectivity index (χ2v) is 5.51. The molecule has 3 heterocycles. The highest BCUT2D eigenvalue weighted by Gasteiger charge is 2.27. The van der Waals surface area contributed by atoms with Crippen LogP contribution in [0.5, 0.6) is 5.75 Å². The molecule has 5 nitrogen and oxygen atoms in total. The molecule has 1 aliphatic rings. The number of aliphatic hydroxyl groups is 1. The van der Waals surface area contributed by atoms with Crippen molar-refractivity contribution >= 4 is 5.70 Å². The molecule has 0 spiro atoms. The van der Waals surface area contributed by atoms with E-state index >= 15 is 0 Å². The second-order valence-electron chi connectivity index (χ2n) is 5.51. The highest BCUT2D eigenvalue weighted by atomic mass is 16.5. The lowest BCUT2D eigenvalue weighted by molar-refractivity contribution is 0.157. The summed E-state index contributed by atoms with van der Waals surface area (Å²) in [6, 6.07) is 4.94. The highest BCUT2D eigenvalue weighted by Crippen LogP contribution is 2.35. The summed E-state index contributed by atoms with van der Waals surface area (Å²) in [5, 5.41) is 9.11. The Morgan fingerprint density at radius 2 is 2.19 bits per heavy atom. The Bertz CT molecular complexity index is 775. The Balaban J connectivity index is 2.20. The van der Waals surface area contributed by atoms with Crippen molar-refractivity contribution in [2.45, 2.75) is 26.1 Å². The van der Waals surface area contributed by atoms with Gasteiger partial charge >= 0.3 is 0 Å². The summed E-state index contributed by atoms with van der Waals surface area (Å²) in [6.45, 7) is 3.72. The van der Waals surface area contributed by atoms with Crippen molar-refractivity contribution in [1.82, 2.24) is 9.55 Å². The number of aliphatic hydroxyl groups excluding tert-OH is 1. The number of pyridine rings is 2. The van der Waals surface area contributed by atoms with Crippen LogP contribution >= 0.6 is 0 Å². The minimum atomic E-state index is -0.515. The molecule has 0 atom stereocenters. The molecule has 0 saturated carbocycles. The third-order valence-corrected chi connectivity index (χ3v) is 3.34. The topological polar surface area (TPSA) is 64.4 Å². The maximum absolute atomic E-state index is 12.3.